The van der Waals surface area contributed by atoms with Crippen molar-refractivity contribution >= 4 is 10.9 Å². The largest absolute Gasteiger partial charge is 0.357 e. The second kappa shape index (κ2) is 6.21. The van der Waals surface area contributed by atoms with Crippen molar-refractivity contribution in [1.29, 1.82) is 0 Å². The van der Waals surface area contributed by atoms with Crippen LogP contribution in [0.2, 0.25) is 0 Å². The van der Waals surface area contributed by atoms with E-state index in [4.69, 9.17) is 0 Å². The van der Waals surface area contributed by atoms with Crippen LogP contribution in [0.15, 0.2) is 59.7 Å². The highest BCUT2D eigenvalue weighted by atomic mass is 16.1. The standard InChI is InChI=1S/C22H20N4O/c1-14-2-5-19(24-12-14)15-7-9-26(22(27)10-15)16-3-4-17-18-6-8-23-13-21(18)25-20(17)11-16/h2-5,7,9-12,23,25H,6,8,13H2,1H3. The van der Waals surface area contributed by atoms with Gasteiger partial charge in [-0.05, 0) is 55.3 Å². The van der Waals surface area contributed by atoms with E-state index in [1.165, 1.54) is 16.6 Å². The molecule has 0 fully saturated rings. The van der Waals surface area contributed by atoms with Crippen LogP contribution in [-0.4, -0.2) is 21.1 Å². The Morgan fingerprint density at radius 2 is 2.04 bits per heavy atom. The summed E-state index contributed by atoms with van der Waals surface area (Å²) in [4.78, 5) is 20.6. The van der Waals surface area contributed by atoms with E-state index in [0.717, 1.165) is 47.5 Å². The molecule has 0 spiro atoms. The van der Waals surface area contributed by atoms with Gasteiger partial charge in [0.1, 0.15) is 0 Å². The number of hydrogen-bond acceptors (Lipinski definition) is 3. The number of fused-ring (bicyclic) bond motifs is 3. The molecule has 0 radical (unpaired) electrons. The summed E-state index contributed by atoms with van der Waals surface area (Å²) in [6.45, 7) is 3.88. The monoisotopic (exact) mass is 356 g/mol. The van der Waals surface area contributed by atoms with E-state index in [1.54, 1.807) is 10.6 Å². The molecule has 1 aromatic carbocycles. The maximum atomic E-state index is 12.7. The highest BCUT2D eigenvalue weighted by Gasteiger charge is 2.15. The first-order chi connectivity index (χ1) is 13.2. The van der Waals surface area contributed by atoms with Crippen molar-refractivity contribution in [1.82, 2.24) is 19.9 Å². The van der Waals surface area contributed by atoms with Crippen LogP contribution in [0.3, 0.4) is 0 Å². The summed E-state index contributed by atoms with van der Waals surface area (Å²) in [5, 5.41) is 4.64. The molecule has 0 saturated carbocycles. The molecule has 2 N–H and O–H groups in total. The summed E-state index contributed by atoms with van der Waals surface area (Å²) in [6.07, 6.45) is 4.67. The summed E-state index contributed by atoms with van der Waals surface area (Å²) in [5.41, 5.74) is 7.27. The normalized spacial score (nSPS) is 13.7. The summed E-state index contributed by atoms with van der Waals surface area (Å²) in [5.74, 6) is 0. The summed E-state index contributed by atoms with van der Waals surface area (Å²) < 4.78 is 1.68. The van der Waals surface area contributed by atoms with Crippen LogP contribution in [0.4, 0.5) is 0 Å². The maximum Gasteiger partial charge on any atom is 0.255 e. The van der Waals surface area contributed by atoms with Crippen molar-refractivity contribution in [2.45, 2.75) is 19.9 Å². The molecule has 5 heteroatoms. The van der Waals surface area contributed by atoms with Crippen LogP contribution in [-0.2, 0) is 13.0 Å². The first-order valence-electron chi connectivity index (χ1n) is 9.19. The van der Waals surface area contributed by atoms with Crippen molar-refractivity contribution in [3.63, 3.8) is 0 Å². The molecule has 27 heavy (non-hydrogen) atoms. The zero-order valence-corrected chi connectivity index (χ0v) is 15.1. The fourth-order valence-corrected chi connectivity index (χ4v) is 3.80. The Morgan fingerprint density at radius 1 is 1.11 bits per heavy atom. The second-order valence-electron chi connectivity index (χ2n) is 7.08. The van der Waals surface area contributed by atoms with Gasteiger partial charge in [0.15, 0.2) is 0 Å². The van der Waals surface area contributed by atoms with Crippen LogP contribution >= 0.6 is 0 Å². The number of aromatic nitrogens is 3. The first-order valence-corrected chi connectivity index (χ1v) is 9.19. The van der Waals surface area contributed by atoms with E-state index in [1.807, 2.05) is 43.6 Å². The number of hydrogen-bond donors (Lipinski definition) is 2. The van der Waals surface area contributed by atoms with E-state index in [2.05, 4.69) is 27.4 Å². The molecule has 0 saturated heterocycles. The van der Waals surface area contributed by atoms with Gasteiger partial charge in [0, 0.05) is 47.2 Å². The minimum atomic E-state index is -0.0628. The van der Waals surface area contributed by atoms with Crippen LogP contribution in [0, 0.1) is 6.92 Å². The minimum Gasteiger partial charge on any atom is -0.357 e. The third kappa shape index (κ3) is 2.76. The van der Waals surface area contributed by atoms with Crippen molar-refractivity contribution in [3.05, 3.63) is 82.0 Å². The van der Waals surface area contributed by atoms with Gasteiger partial charge in [-0.15, -0.1) is 0 Å². The molecule has 1 aliphatic rings. The molecule has 0 amide bonds. The van der Waals surface area contributed by atoms with Gasteiger partial charge in [-0.3, -0.25) is 14.3 Å². The van der Waals surface area contributed by atoms with Gasteiger partial charge in [0.05, 0.1) is 11.4 Å². The van der Waals surface area contributed by atoms with E-state index < -0.39 is 0 Å². The van der Waals surface area contributed by atoms with Crippen molar-refractivity contribution < 1.29 is 0 Å². The van der Waals surface area contributed by atoms with Crippen molar-refractivity contribution in [2.75, 3.05) is 6.54 Å². The molecule has 4 aromatic rings. The van der Waals surface area contributed by atoms with Gasteiger partial charge in [-0.25, -0.2) is 0 Å². The SMILES string of the molecule is Cc1ccc(-c2ccn(-c3ccc4c5c([nH]c4c3)CNCC5)c(=O)c2)nc1. The average Bonchev–Trinajstić information content (AvgIpc) is 3.06. The van der Waals surface area contributed by atoms with Crippen LogP contribution in [0.25, 0.3) is 27.8 Å². The lowest BCUT2D eigenvalue weighted by Crippen LogP contribution is -2.22. The average molecular weight is 356 g/mol. The Bertz CT molecular complexity index is 1200. The third-order valence-electron chi connectivity index (χ3n) is 5.24. The molecule has 1 aliphatic heterocycles. The van der Waals surface area contributed by atoms with E-state index >= 15 is 0 Å². The Morgan fingerprint density at radius 3 is 2.85 bits per heavy atom. The number of nitrogens with zero attached hydrogens (tertiary/aromatic N) is 2. The summed E-state index contributed by atoms with van der Waals surface area (Å²) >= 11 is 0. The fourth-order valence-electron chi connectivity index (χ4n) is 3.80. The Hall–Kier alpha value is -3.18. The number of benzene rings is 1. The predicted octanol–water partition coefficient (Wildman–Crippen LogP) is 3.33. The molecular formula is C22H20N4O. The molecule has 5 rings (SSSR count). The van der Waals surface area contributed by atoms with Crippen LogP contribution in [0.5, 0.6) is 0 Å². The number of nitrogens with one attached hydrogen (secondary N) is 2. The molecule has 5 nitrogen and oxygen atoms in total. The van der Waals surface area contributed by atoms with Gasteiger partial charge in [-0.2, -0.15) is 0 Å². The number of rotatable bonds is 2. The number of H-pyrrole nitrogens is 1. The van der Waals surface area contributed by atoms with Gasteiger partial charge in [0.2, 0.25) is 0 Å². The topological polar surface area (TPSA) is 62.7 Å². The zero-order chi connectivity index (χ0) is 18.4. The Kier molecular flexibility index (Phi) is 3.69. The minimum absolute atomic E-state index is 0.0628. The number of aryl methyl sites for hydroxylation is 1. The van der Waals surface area contributed by atoms with Gasteiger partial charge in [-0.1, -0.05) is 12.1 Å². The Labute approximate surface area is 156 Å². The van der Waals surface area contributed by atoms with Crippen LogP contribution < -0.4 is 10.9 Å². The van der Waals surface area contributed by atoms with Crippen molar-refractivity contribution in [2.24, 2.45) is 0 Å². The zero-order valence-electron chi connectivity index (χ0n) is 15.1. The molecule has 134 valence electrons. The lowest BCUT2D eigenvalue weighted by Gasteiger charge is -2.12. The van der Waals surface area contributed by atoms with Crippen LogP contribution in [0.1, 0.15) is 16.8 Å². The maximum absolute atomic E-state index is 12.7. The fraction of sp³-hybridized carbons (Fsp3) is 0.182. The number of aromatic amines is 1. The molecular weight excluding hydrogens is 336 g/mol. The predicted molar refractivity (Wildman–Crippen MR) is 107 cm³/mol. The Balaban J connectivity index is 1.56. The molecule has 0 bridgehead atoms. The molecule has 0 aliphatic carbocycles. The quantitative estimate of drug-likeness (QED) is 0.579. The highest BCUT2D eigenvalue weighted by molar-refractivity contribution is 5.86. The smallest absolute Gasteiger partial charge is 0.255 e. The van der Waals surface area contributed by atoms with Crippen molar-refractivity contribution in [3.8, 4) is 16.9 Å². The second-order valence-corrected chi connectivity index (χ2v) is 7.08. The lowest BCUT2D eigenvalue weighted by molar-refractivity contribution is 0.637. The van der Waals surface area contributed by atoms with E-state index in [0.29, 0.717) is 0 Å². The lowest BCUT2D eigenvalue weighted by atomic mass is 10.0. The first kappa shape index (κ1) is 16.0. The van der Waals surface area contributed by atoms with Gasteiger partial charge < -0.3 is 10.3 Å². The van der Waals surface area contributed by atoms with Gasteiger partial charge in [0.25, 0.3) is 5.56 Å². The van der Waals surface area contributed by atoms with E-state index in [9.17, 15) is 4.79 Å². The summed E-state index contributed by atoms with van der Waals surface area (Å²) in [7, 11) is 0. The van der Waals surface area contributed by atoms with E-state index in [-0.39, 0.29) is 5.56 Å². The summed E-state index contributed by atoms with van der Waals surface area (Å²) in [6, 6.07) is 13.7. The van der Waals surface area contributed by atoms with Gasteiger partial charge >= 0.3 is 0 Å². The molecule has 0 unspecified atom stereocenters. The number of pyridine rings is 2. The molecule has 4 heterocycles. The molecule has 3 aromatic heterocycles. The third-order valence-corrected chi connectivity index (χ3v) is 5.24. The highest BCUT2D eigenvalue weighted by Crippen LogP contribution is 2.27. The molecule has 0 atom stereocenters.